The molecule has 6 rings (SSSR count). The van der Waals surface area contributed by atoms with Crippen molar-refractivity contribution in [2.24, 2.45) is 5.41 Å². The van der Waals surface area contributed by atoms with Gasteiger partial charge in [0.05, 0.1) is 26.3 Å². The number of halogens is 1. The maximum Gasteiger partial charge on any atom is 0.180 e. The van der Waals surface area contributed by atoms with Crippen molar-refractivity contribution in [3.05, 3.63) is 94.0 Å². The summed E-state index contributed by atoms with van der Waals surface area (Å²) in [4.78, 5) is 44.4. The summed E-state index contributed by atoms with van der Waals surface area (Å²) in [5, 5.41) is 0.559. The molecule has 1 fully saturated rings. The van der Waals surface area contributed by atoms with Gasteiger partial charge in [0.1, 0.15) is 16.9 Å². The lowest BCUT2D eigenvalue weighted by atomic mass is 9.64. The third kappa shape index (κ3) is 3.02. The Kier molecular flexibility index (Phi) is 5.28. The van der Waals surface area contributed by atoms with E-state index in [9.17, 15) is 14.4 Å². The van der Waals surface area contributed by atoms with Gasteiger partial charge in [0.2, 0.25) is 0 Å². The number of rotatable bonds is 4. The molecule has 3 aromatic rings. The first-order valence-corrected chi connectivity index (χ1v) is 12.4. The van der Waals surface area contributed by atoms with Crippen LogP contribution in [0.5, 0.6) is 11.5 Å². The Bertz CT molecular complexity index is 1490. The summed E-state index contributed by atoms with van der Waals surface area (Å²) in [6.07, 6.45) is 3.75. The summed E-state index contributed by atoms with van der Waals surface area (Å²) < 4.78 is 11.1. The number of anilines is 1. The van der Waals surface area contributed by atoms with Crippen molar-refractivity contribution in [3.63, 3.8) is 0 Å². The summed E-state index contributed by atoms with van der Waals surface area (Å²) in [7, 11) is 3.08. The molecule has 1 saturated heterocycles. The molecular weight excluding hydrogens is 490 g/mol. The number of carbonyl (C=O) groups excluding carboxylic acids is 3. The fourth-order valence-corrected chi connectivity index (χ4v) is 6.70. The molecule has 7 heteroatoms. The second-order valence-corrected chi connectivity index (χ2v) is 10.1. The van der Waals surface area contributed by atoms with Crippen LogP contribution in [-0.2, 0) is 4.79 Å². The highest BCUT2D eigenvalue weighted by molar-refractivity contribution is 6.32. The summed E-state index contributed by atoms with van der Waals surface area (Å²) >= 11 is 6.28. The van der Waals surface area contributed by atoms with Gasteiger partial charge in [-0.2, -0.15) is 0 Å². The first-order valence-electron chi connectivity index (χ1n) is 12.0. The number of methoxy groups -OCH3 is 2. The maximum absolute atomic E-state index is 14.4. The highest BCUT2D eigenvalue weighted by Gasteiger charge is 2.71. The molecule has 1 spiro atoms. The molecule has 0 unspecified atom stereocenters. The lowest BCUT2D eigenvalue weighted by molar-refractivity contribution is -0.118. The van der Waals surface area contributed by atoms with Crippen molar-refractivity contribution < 1.29 is 23.9 Å². The second-order valence-electron chi connectivity index (χ2n) is 9.63. The molecule has 3 aromatic carbocycles. The standard InChI is InChI=1S/C30H24ClNO5/c1-16(33)27-26(22-11-10-19(36-2)15-24(22)37-3)30(28(34)20-6-4-5-7-21(20)29(30)35)25-13-8-17-14-18(31)9-12-23(17)32(25)27/h4-15,25-27H,1-3H3/t25-,26+,27-/m0/s1. The Balaban J connectivity index is 1.69. The Morgan fingerprint density at radius 2 is 1.65 bits per heavy atom. The van der Waals surface area contributed by atoms with E-state index in [1.54, 1.807) is 55.6 Å². The summed E-state index contributed by atoms with van der Waals surface area (Å²) in [5.74, 6) is -0.510. The minimum absolute atomic E-state index is 0.155. The molecule has 0 bridgehead atoms. The van der Waals surface area contributed by atoms with Crippen LogP contribution in [0.4, 0.5) is 5.69 Å². The summed E-state index contributed by atoms with van der Waals surface area (Å²) in [6.45, 7) is 1.51. The lowest BCUT2D eigenvalue weighted by Gasteiger charge is -2.37. The van der Waals surface area contributed by atoms with E-state index >= 15 is 0 Å². The zero-order chi connectivity index (χ0) is 26.1. The van der Waals surface area contributed by atoms with Crippen molar-refractivity contribution in [2.75, 3.05) is 19.1 Å². The van der Waals surface area contributed by atoms with Gasteiger partial charge in [-0.1, -0.05) is 54.1 Å². The smallest absolute Gasteiger partial charge is 0.180 e. The molecule has 2 heterocycles. The number of ketones is 3. The Morgan fingerprint density at radius 3 is 2.27 bits per heavy atom. The van der Waals surface area contributed by atoms with Crippen molar-refractivity contribution in [2.45, 2.75) is 24.9 Å². The van der Waals surface area contributed by atoms with E-state index in [4.69, 9.17) is 21.1 Å². The molecule has 186 valence electrons. The summed E-state index contributed by atoms with van der Waals surface area (Å²) in [5.41, 5.74) is 1.38. The Morgan fingerprint density at radius 1 is 0.946 bits per heavy atom. The fraction of sp³-hybridized carbons (Fsp3) is 0.233. The highest BCUT2D eigenvalue weighted by atomic mass is 35.5. The van der Waals surface area contributed by atoms with Crippen molar-refractivity contribution in [1.29, 1.82) is 0 Å². The second kappa shape index (κ2) is 8.32. The van der Waals surface area contributed by atoms with Crippen LogP contribution in [0.1, 0.15) is 44.7 Å². The van der Waals surface area contributed by atoms with E-state index in [-0.39, 0.29) is 17.3 Å². The van der Waals surface area contributed by atoms with Gasteiger partial charge in [-0.05, 0) is 36.8 Å². The van der Waals surface area contributed by atoms with E-state index in [2.05, 4.69) is 0 Å². The normalized spacial score (nSPS) is 22.6. The van der Waals surface area contributed by atoms with Crippen molar-refractivity contribution >= 4 is 40.7 Å². The molecule has 6 nitrogen and oxygen atoms in total. The molecule has 1 aliphatic carbocycles. The van der Waals surface area contributed by atoms with Crippen molar-refractivity contribution in [3.8, 4) is 11.5 Å². The highest BCUT2D eigenvalue weighted by Crippen LogP contribution is 2.61. The van der Waals surface area contributed by atoms with E-state index in [1.165, 1.54) is 14.0 Å². The van der Waals surface area contributed by atoms with Crippen LogP contribution in [0.25, 0.3) is 6.08 Å². The average molecular weight is 514 g/mol. The van der Waals surface area contributed by atoms with Gasteiger partial charge in [-0.25, -0.2) is 0 Å². The van der Waals surface area contributed by atoms with Gasteiger partial charge >= 0.3 is 0 Å². The zero-order valence-electron chi connectivity index (χ0n) is 20.5. The van der Waals surface area contributed by atoms with Gasteiger partial charge in [0, 0.05) is 39.4 Å². The monoisotopic (exact) mass is 513 g/mol. The number of benzene rings is 3. The van der Waals surface area contributed by atoms with Crippen molar-refractivity contribution in [1.82, 2.24) is 0 Å². The van der Waals surface area contributed by atoms with Crippen LogP contribution in [0, 0.1) is 5.41 Å². The van der Waals surface area contributed by atoms with Gasteiger partial charge in [0.25, 0.3) is 0 Å². The minimum atomic E-state index is -1.56. The molecule has 0 radical (unpaired) electrons. The Labute approximate surface area is 219 Å². The number of nitrogens with zero attached hydrogens (tertiary/aromatic N) is 1. The molecule has 0 saturated carbocycles. The van der Waals surface area contributed by atoms with Gasteiger partial charge in [-0.15, -0.1) is 0 Å². The molecule has 0 amide bonds. The maximum atomic E-state index is 14.4. The largest absolute Gasteiger partial charge is 0.497 e. The number of ether oxygens (including phenoxy) is 2. The predicted molar refractivity (Wildman–Crippen MR) is 141 cm³/mol. The number of fused-ring (bicyclic) bond motifs is 5. The van der Waals surface area contributed by atoms with Crippen LogP contribution in [0.3, 0.4) is 0 Å². The minimum Gasteiger partial charge on any atom is -0.497 e. The van der Waals surface area contributed by atoms with E-state index in [0.717, 1.165) is 11.3 Å². The van der Waals surface area contributed by atoms with Crippen LogP contribution in [0.2, 0.25) is 5.02 Å². The number of hydrogen-bond acceptors (Lipinski definition) is 6. The molecule has 37 heavy (non-hydrogen) atoms. The molecular formula is C30H24ClNO5. The van der Waals surface area contributed by atoms with E-state index in [0.29, 0.717) is 33.2 Å². The van der Waals surface area contributed by atoms with E-state index in [1.807, 2.05) is 29.2 Å². The molecule has 0 aromatic heterocycles. The van der Waals surface area contributed by atoms with Crippen LogP contribution in [-0.4, -0.2) is 43.7 Å². The third-order valence-corrected chi connectivity index (χ3v) is 8.19. The average Bonchev–Trinajstić information content (AvgIpc) is 3.34. The Hall–Kier alpha value is -3.90. The van der Waals surface area contributed by atoms with E-state index < -0.39 is 23.4 Å². The molecule has 0 N–H and O–H groups in total. The van der Waals surface area contributed by atoms with Gasteiger partial charge < -0.3 is 14.4 Å². The van der Waals surface area contributed by atoms with Gasteiger partial charge in [-0.3, -0.25) is 14.4 Å². The zero-order valence-corrected chi connectivity index (χ0v) is 21.3. The molecule has 2 aliphatic heterocycles. The topological polar surface area (TPSA) is 72.9 Å². The lowest BCUT2D eigenvalue weighted by Crippen LogP contribution is -2.48. The predicted octanol–water partition coefficient (Wildman–Crippen LogP) is 5.38. The van der Waals surface area contributed by atoms with Crippen LogP contribution in [0.15, 0.2) is 66.7 Å². The molecule has 3 aliphatic rings. The third-order valence-electron chi connectivity index (χ3n) is 7.96. The summed E-state index contributed by atoms with van der Waals surface area (Å²) in [6, 6.07) is 16.1. The van der Waals surface area contributed by atoms with Crippen LogP contribution < -0.4 is 14.4 Å². The SMILES string of the molecule is COc1ccc([C@@H]2[C@H](C(C)=O)N3c4ccc(Cl)cc4C=C[C@H]3C23C(=O)c2ccccc2C3=O)c(OC)c1. The number of hydrogen-bond donors (Lipinski definition) is 0. The molecule has 3 atom stereocenters. The number of Topliss-reactive ketones (excluding diaryl/α,β-unsaturated/α-hetero) is 3. The quantitative estimate of drug-likeness (QED) is 0.436. The van der Waals surface area contributed by atoms with Crippen LogP contribution >= 0.6 is 11.6 Å². The first-order chi connectivity index (χ1) is 17.8. The first kappa shape index (κ1) is 23.5. The number of carbonyl (C=O) groups is 3. The van der Waals surface area contributed by atoms with Gasteiger partial charge in [0.15, 0.2) is 17.3 Å². The fourth-order valence-electron chi connectivity index (χ4n) is 6.52.